The number of phenolic OH excluding ortho intramolecular Hbond substituents is 1. The van der Waals surface area contributed by atoms with Gasteiger partial charge in [0.05, 0.1) is 12.8 Å². The first-order chi connectivity index (χ1) is 13.6. The fourth-order valence-electron chi connectivity index (χ4n) is 3.12. The molecule has 1 heterocycles. The van der Waals surface area contributed by atoms with Gasteiger partial charge in [0.15, 0.2) is 0 Å². The van der Waals surface area contributed by atoms with Crippen LogP contribution in [0.25, 0.3) is 0 Å². The molecular weight excluding hydrogens is 360 g/mol. The molecular formula is C21H26N2O5. The third-order valence-corrected chi connectivity index (χ3v) is 4.68. The maximum Gasteiger partial charge on any atom is 0.224 e. The van der Waals surface area contributed by atoms with Gasteiger partial charge in [-0.2, -0.15) is 0 Å². The van der Waals surface area contributed by atoms with Crippen molar-refractivity contribution in [2.24, 2.45) is 0 Å². The Morgan fingerprint density at radius 2 is 1.96 bits per heavy atom. The molecule has 0 aromatic heterocycles. The lowest BCUT2D eigenvalue weighted by Crippen LogP contribution is -2.32. The summed E-state index contributed by atoms with van der Waals surface area (Å²) in [5.41, 5.74) is 2.36. The molecule has 0 spiro atoms. The van der Waals surface area contributed by atoms with E-state index < -0.39 is 6.10 Å². The van der Waals surface area contributed by atoms with Gasteiger partial charge in [-0.05, 0) is 49.2 Å². The molecule has 1 aliphatic heterocycles. The van der Waals surface area contributed by atoms with Crippen LogP contribution in [-0.4, -0.2) is 49.0 Å². The van der Waals surface area contributed by atoms with Crippen LogP contribution in [0.3, 0.4) is 0 Å². The second kappa shape index (κ2) is 9.43. The molecule has 7 nitrogen and oxygen atoms in total. The van der Waals surface area contributed by atoms with Crippen molar-refractivity contribution in [1.29, 1.82) is 0 Å². The minimum Gasteiger partial charge on any atom is -0.506 e. The monoisotopic (exact) mass is 386 g/mol. The molecule has 0 saturated heterocycles. The minimum absolute atomic E-state index is 0.0242. The molecule has 28 heavy (non-hydrogen) atoms. The van der Waals surface area contributed by atoms with Crippen molar-refractivity contribution < 1.29 is 24.5 Å². The van der Waals surface area contributed by atoms with Crippen LogP contribution in [0.2, 0.25) is 0 Å². The van der Waals surface area contributed by atoms with Crippen molar-refractivity contribution in [3.05, 3.63) is 47.5 Å². The Hall–Kier alpha value is -2.77. The van der Waals surface area contributed by atoms with Crippen LogP contribution in [0, 0.1) is 0 Å². The van der Waals surface area contributed by atoms with E-state index in [2.05, 4.69) is 10.6 Å². The predicted octanol–water partition coefficient (Wildman–Crippen LogP) is 1.86. The highest BCUT2D eigenvalue weighted by molar-refractivity contribution is 5.96. The zero-order chi connectivity index (χ0) is 19.9. The molecule has 0 aliphatic carbocycles. The number of amides is 1. The van der Waals surface area contributed by atoms with Crippen LogP contribution in [0.15, 0.2) is 36.4 Å². The predicted molar refractivity (Wildman–Crippen MR) is 106 cm³/mol. The lowest BCUT2D eigenvalue weighted by atomic mass is 10.0. The Morgan fingerprint density at radius 1 is 1.18 bits per heavy atom. The molecule has 150 valence electrons. The van der Waals surface area contributed by atoms with E-state index in [9.17, 15) is 15.0 Å². The van der Waals surface area contributed by atoms with Gasteiger partial charge in [-0.25, -0.2) is 0 Å². The minimum atomic E-state index is -0.668. The molecule has 1 atom stereocenters. The Kier molecular flexibility index (Phi) is 6.73. The Labute approximate surface area is 164 Å². The number of hydrogen-bond acceptors (Lipinski definition) is 6. The fraction of sp³-hybridized carbons (Fsp3) is 0.381. The SMILES string of the molecule is COc1ccc(CCNC[C@@H](O)COc2ccc(O)c3c2CCC(=O)N3)cc1. The number of hydrogen-bond donors (Lipinski definition) is 4. The van der Waals surface area contributed by atoms with Crippen molar-refractivity contribution in [3.8, 4) is 17.2 Å². The Bertz CT molecular complexity index is 807. The Balaban J connectivity index is 1.42. The van der Waals surface area contributed by atoms with Crippen molar-refractivity contribution in [1.82, 2.24) is 5.32 Å². The summed E-state index contributed by atoms with van der Waals surface area (Å²) >= 11 is 0. The van der Waals surface area contributed by atoms with Crippen LogP contribution < -0.4 is 20.1 Å². The van der Waals surface area contributed by atoms with Crippen LogP contribution in [-0.2, 0) is 17.6 Å². The molecule has 1 amide bonds. The van der Waals surface area contributed by atoms with Gasteiger partial charge >= 0.3 is 0 Å². The second-order valence-corrected chi connectivity index (χ2v) is 6.75. The normalized spacial score (nSPS) is 14.1. The van der Waals surface area contributed by atoms with Gasteiger partial charge in [0.2, 0.25) is 5.91 Å². The summed E-state index contributed by atoms with van der Waals surface area (Å²) in [5, 5.41) is 25.9. The molecule has 4 N–H and O–H groups in total. The van der Waals surface area contributed by atoms with Crippen molar-refractivity contribution in [3.63, 3.8) is 0 Å². The van der Waals surface area contributed by atoms with Crippen LogP contribution >= 0.6 is 0 Å². The molecule has 3 rings (SSSR count). The molecule has 7 heteroatoms. The average molecular weight is 386 g/mol. The summed E-state index contributed by atoms with van der Waals surface area (Å²) in [6, 6.07) is 11.0. The highest BCUT2D eigenvalue weighted by atomic mass is 16.5. The number of aliphatic hydroxyl groups excluding tert-OH is 1. The molecule has 0 fully saturated rings. The standard InChI is InChI=1S/C21H26N2O5/c1-27-16-4-2-14(3-5-16)10-11-22-12-15(24)13-28-19-8-7-18(25)21-17(19)6-9-20(26)23-21/h2-5,7-8,15,22,24-25H,6,9-13H2,1H3,(H,23,26)/t15-/m1/s1. The molecule has 0 radical (unpaired) electrons. The van der Waals surface area contributed by atoms with Gasteiger partial charge in [0.25, 0.3) is 0 Å². The molecule has 0 bridgehead atoms. The van der Waals surface area contributed by atoms with E-state index in [1.807, 2.05) is 24.3 Å². The summed E-state index contributed by atoms with van der Waals surface area (Å²) < 4.78 is 10.9. The number of fused-ring (bicyclic) bond motifs is 1. The first-order valence-electron chi connectivity index (χ1n) is 9.36. The lowest BCUT2D eigenvalue weighted by Gasteiger charge is -2.22. The molecule has 0 unspecified atom stereocenters. The largest absolute Gasteiger partial charge is 0.506 e. The van der Waals surface area contributed by atoms with E-state index in [0.717, 1.165) is 24.3 Å². The third kappa shape index (κ3) is 5.15. The van der Waals surface area contributed by atoms with Gasteiger partial charge in [-0.15, -0.1) is 0 Å². The number of rotatable bonds is 9. The summed E-state index contributed by atoms with van der Waals surface area (Å²) in [6.45, 7) is 1.28. The fourth-order valence-corrected chi connectivity index (χ4v) is 3.12. The van der Waals surface area contributed by atoms with Crippen molar-refractivity contribution >= 4 is 11.6 Å². The van der Waals surface area contributed by atoms with Gasteiger partial charge in [-0.3, -0.25) is 4.79 Å². The summed E-state index contributed by atoms with van der Waals surface area (Å²) in [4.78, 5) is 11.5. The summed E-state index contributed by atoms with van der Waals surface area (Å²) in [5.74, 6) is 1.31. The van der Waals surface area contributed by atoms with Crippen LogP contribution in [0.4, 0.5) is 5.69 Å². The third-order valence-electron chi connectivity index (χ3n) is 4.68. The number of carbonyl (C=O) groups is 1. The van der Waals surface area contributed by atoms with E-state index in [4.69, 9.17) is 9.47 Å². The van der Waals surface area contributed by atoms with E-state index in [1.165, 1.54) is 11.6 Å². The summed E-state index contributed by atoms with van der Waals surface area (Å²) in [7, 11) is 1.64. The molecule has 1 aliphatic rings. The zero-order valence-corrected chi connectivity index (χ0v) is 15.9. The number of nitrogens with one attached hydrogen (secondary N) is 2. The van der Waals surface area contributed by atoms with Gasteiger partial charge in [0, 0.05) is 18.5 Å². The van der Waals surface area contributed by atoms with Gasteiger partial charge < -0.3 is 30.3 Å². The molecule has 2 aromatic rings. The number of aromatic hydroxyl groups is 1. The van der Waals surface area contributed by atoms with E-state index >= 15 is 0 Å². The highest BCUT2D eigenvalue weighted by Gasteiger charge is 2.22. The van der Waals surface area contributed by atoms with E-state index in [0.29, 0.717) is 30.8 Å². The summed E-state index contributed by atoms with van der Waals surface area (Å²) in [6.07, 6.45) is 1.03. The quantitative estimate of drug-likeness (QED) is 0.388. The first-order valence-corrected chi connectivity index (χ1v) is 9.36. The first kappa shape index (κ1) is 20.0. The van der Waals surface area contributed by atoms with E-state index in [1.54, 1.807) is 13.2 Å². The van der Waals surface area contributed by atoms with Crippen LogP contribution in [0.5, 0.6) is 17.2 Å². The number of ether oxygens (including phenoxy) is 2. The van der Waals surface area contributed by atoms with Crippen molar-refractivity contribution in [2.75, 3.05) is 32.1 Å². The number of aliphatic hydroxyl groups is 1. The zero-order valence-electron chi connectivity index (χ0n) is 15.9. The smallest absolute Gasteiger partial charge is 0.224 e. The van der Waals surface area contributed by atoms with E-state index in [-0.39, 0.29) is 18.3 Å². The number of methoxy groups -OCH3 is 1. The maximum atomic E-state index is 11.5. The Morgan fingerprint density at radius 3 is 2.71 bits per heavy atom. The van der Waals surface area contributed by atoms with Gasteiger partial charge in [-0.1, -0.05) is 12.1 Å². The molecule has 2 aromatic carbocycles. The van der Waals surface area contributed by atoms with Crippen LogP contribution in [0.1, 0.15) is 17.5 Å². The average Bonchev–Trinajstić information content (AvgIpc) is 2.71. The van der Waals surface area contributed by atoms with Crippen molar-refractivity contribution in [2.45, 2.75) is 25.4 Å². The maximum absolute atomic E-state index is 11.5. The van der Waals surface area contributed by atoms with Gasteiger partial charge in [0.1, 0.15) is 30.0 Å². The highest BCUT2D eigenvalue weighted by Crippen LogP contribution is 2.38. The molecule has 0 saturated carbocycles. The second-order valence-electron chi connectivity index (χ2n) is 6.75. The topological polar surface area (TPSA) is 100 Å². The lowest BCUT2D eigenvalue weighted by molar-refractivity contribution is -0.116. The number of phenols is 1. The number of anilines is 1. The number of carbonyl (C=O) groups excluding carboxylic acids is 1. The number of benzene rings is 2.